The van der Waals surface area contributed by atoms with E-state index in [9.17, 15) is 18.0 Å². The number of allylic oxidation sites excluding steroid dienone is 4. The molecule has 1 N–H and O–H groups in total. The van der Waals surface area contributed by atoms with Crippen molar-refractivity contribution in [3.63, 3.8) is 0 Å². The van der Waals surface area contributed by atoms with Crippen LogP contribution in [0.5, 0.6) is 0 Å². The van der Waals surface area contributed by atoms with Crippen molar-refractivity contribution in [1.29, 1.82) is 0 Å². The lowest BCUT2D eigenvalue weighted by Crippen LogP contribution is -2.09. The topological polar surface area (TPSA) is 67.8 Å². The zero-order valence-electron chi connectivity index (χ0n) is 21.3. The molecule has 0 radical (unpaired) electrons. The highest BCUT2D eigenvalue weighted by Gasteiger charge is 2.30. The summed E-state index contributed by atoms with van der Waals surface area (Å²) in [5.74, 6) is 0.917. The number of anilines is 1. The Morgan fingerprint density at radius 2 is 1.69 bits per heavy atom. The molecule has 192 valence electrons. The number of nitrogens with one attached hydrogen (secondary N) is 1. The molecule has 0 fully saturated rings. The standard InChI is InChI=1S/C15H18F3N.C7H10N2.C6H5NO/c1-4-6-11(2)14(9-12(3)15(16,17)18)13-7-5-8-19-10-13;1-6-3-4-7(8-2)9-5-6;8-5-6-1-3-7-4-2-6/h5,7-10H,4,6H2,1-3H3;3-5H,1-2H3,(H,8,9);1-5H/b12-9+,14-11-;;. The Morgan fingerprint density at radius 3 is 2.14 bits per heavy atom. The van der Waals surface area contributed by atoms with Gasteiger partial charge >= 0.3 is 6.18 Å². The summed E-state index contributed by atoms with van der Waals surface area (Å²) in [6.45, 7) is 6.98. The van der Waals surface area contributed by atoms with Gasteiger partial charge in [0.2, 0.25) is 0 Å². The van der Waals surface area contributed by atoms with Gasteiger partial charge in [-0.2, -0.15) is 13.2 Å². The van der Waals surface area contributed by atoms with E-state index in [0.29, 0.717) is 11.1 Å². The maximum atomic E-state index is 12.7. The van der Waals surface area contributed by atoms with Gasteiger partial charge in [0.05, 0.1) is 0 Å². The third-order valence-corrected chi connectivity index (χ3v) is 4.88. The lowest BCUT2D eigenvalue weighted by atomic mass is 9.97. The number of halogens is 3. The summed E-state index contributed by atoms with van der Waals surface area (Å²) in [5, 5.41) is 2.94. The van der Waals surface area contributed by atoms with Gasteiger partial charge in [0, 0.05) is 49.2 Å². The molecule has 0 aliphatic rings. The Kier molecular flexibility index (Phi) is 13.4. The molecule has 0 saturated heterocycles. The molecule has 3 aromatic rings. The van der Waals surface area contributed by atoms with Crippen molar-refractivity contribution in [2.75, 3.05) is 12.4 Å². The van der Waals surface area contributed by atoms with Gasteiger partial charge in [-0.25, -0.2) is 4.98 Å². The summed E-state index contributed by atoms with van der Waals surface area (Å²) in [6, 6.07) is 10.8. The van der Waals surface area contributed by atoms with Crippen molar-refractivity contribution < 1.29 is 18.0 Å². The van der Waals surface area contributed by atoms with Crippen molar-refractivity contribution in [1.82, 2.24) is 15.0 Å². The number of aryl methyl sites for hydroxylation is 1. The van der Waals surface area contributed by atoms with Crippen LogP contribution in [0.3, 0.4) is 0 Å². The number of carbonyl (C=O) groups excluding carboxylic acids is 1. The van der Waals surface area contributed by atoms with Crippen molar-refractivity contribution in [3.05, 3.63) is 101 Å². The maximum Gasteiger partial charge on any atom is 0.412 e. The van der Waals surface area contributed by atoms with Crippen LogP contribution in [0, 0.1) is 6.92 Å². The van der Waals surface area contributed by atoms with Crippen molar-refractivity contribution in [3.8, 4) is 0 Å². The summed E-state index contributed by atoms with van der Waals surface area (Å²) in [6.07, 6.45) is 7.59. The molecule has 0 bridgehead atoms. The predicted molar refractivity (Wildman–Crippen MR) is 140 cm³/mol. The fourth-order valence-corrected chi connectivity index (χ4v) is 2.84. The van der Waals surface area contributed by atoms with E-state index in [-0.39, 0.29) is 0 Å². The van der Waals surface area contributed by atoms with Gasteiger partial charge in [0.15, 0.2) is 0 Å². The van der Waals surface area contributed by atoms with E-state index < -0.39 is 11.7 Å². The monoisotopic (exact) mass is 498 g/mol. The Hall–Kier alpha value is -3.81. The first-order chi connectivity index (χ1) is 17.1. The number of hydrogen-bond acceptors (Lipinski definition) is 5. The minimum absolute atomic E-state index is 0.596. The van der Waals surface area contributed by atoms with E-state index in [4.69, 9.17) is 0 Å². The van der Waals surface area contributed by atoms with Crippen LogP contribution in [0.2, 0.25) is 0 Å². The van der Waals surface area contributed by atoms with E-state index in [1.807, 2.05) is 46.1 Å². The quantitative estimate of drug-likeness (QED) is 0.282. The second kappa shape index (κ2) is 16.0. The van der Waals surface area contributed by atoms with Crippen molar-refractivity contribution in [2.45, 2.75) is 46.7 Å². The van der Waals surface area contributed by atoms with E-state index in [0.717, 1.165) is 43.0 Å². The minimum atomic E-state index is -4.29. The van der Waals surface area contributed by atoms with Gasteiger partial charge in [-0.05, 0) is 74.2 Å². The summed E-state index contributed by atoms with van der Waals surface area (Å²) in [5.41, 5.74) is 3.54. The first kappa shape index (κ1) is 30.2. The Morgan fingerprint density at radius 1 is 1.00 bits per heavy atom. The average Bonchev–Trinajstić information content (AvgIpc) is 2.89. The molecule has 3 rings (SSSR count). The van der Waals surface area contributed by atoms with Crippen LogP contribution in [0.1, 0.15) is 55.1 Å². The molecule has 36 heavy (non-hydrogen) atoms. The maximum absolute atomic E-state index is 12.7. The molecule has 0 aliphatic carbocycles. The van der Waals surface area contributed by atoms with Crippen LogP contribution in [-0.2, 0) is 0 Å². The summed E-state index contributed by atoms with van der Waals surface area (Å²) in [7, 11) is 1.86. The lowest BCUT2D eigenvalue weighted by molar-refractivity contribution is -0.0912. The molecule has 0 saturated carbocycles. The molecule has 3 heterocycles. The van der Waals surface area contributed by atoms with Gasteiger partial charge in [-0.15, -0.1) is 0 Å². The zero-order valence-corrected chi connectivity index (χ0v) is 21.3. The van der Waals surface area contributed by atoms with Gasteiger partial charge in [-0.1, -0.05) is 31.1 Å². The molecule has 5 nitrogen and oxygen atoms in total. The fourth-order valence-electron chi connectivity index (χ4n) is 2.84. The Bertz CT molecular complexity index is 1100. The van der Waals surface area contributed by atoms with Crippen LogP contribution in [0.15, 0.2) is 84.6 Å². The molecule has 3 aromatic heterocycles. The molecule has 8 heteroatoms. The summed E-state index contributed by atoms with van der Waals surface area (Å²) >= 11 is 0. The number of alkyl halides is 3. The third-order valence-electron chi connectivity index (χ3n) is 4.88. The van der Waals surface area contributed by atoms with Crippen molar-refractivity contribution >= 4 is 17.7 Å². The fraction of sp³-hybridized carbons (Fsp3) is 0.286. The van der Waals surface area contributed by atoms with E-state index >= 15 is 0 Å². The second-order valence-corrected chi connectivity index (χ2v) is 7.88. The number of nitrogens with zero attached hydrogens (tertiary/aromatic N) is 3. The molecular weight excluding hydrogens is 465 g/mol. The van der Waals surface area contributed by atoms with Crippen LogP contribution < -0.4 is 5.32 Å². The third kappa shape index (κ3) is 11.6. The van der Waals surface area contributed by atoms with E-state index in [1.165, 1.54) is 11.6 Å². The highest BCUT2D eigenvalue weighted by molar-refractivity contribution is 5.76. The van der Waals surface area contributed by atoms with E-state index in [2.05, 4.69) is 20.3 Å². The summed E-state index contributed by atoms with van der Waals surface area (Å²) in [4.78, 5) is 21.8. The molecule has 0 atom stereocenters. The highest BCUT2D eigenvalue weighted by atomic mass is 19.4. The zero-order chi connectivity index (χ0) is 27.0. The number of hydrogen-bond donors (Lipinski definition) is 1. The van der Waals surface area contributed by atoms with Gasteiger partial charge in [0.1, 0.15) is 12.1 Å². The lowest BCUT2D eigenvalue weighted by Gasteiger charge is -2.12. The van der Waals surface area contributed by atoms with Gasteiger partial charge in [-0.3, -0.25) is 14.8 Å². The molecule has 0 aliphatic heterocycles. The Labute approximate surface area is 211 Å². The SMILES string of the molecule is CCC/C(C)=C(/C=C(\C)C(F)(F)F)c1cccnc1.CNc1ccc(C)cn1.O=Cc1ccncc1. The number of pyridine rings is 3. The van der Waals surface area contributed by atoms with Crippen LogP contribution in [-0.4, -0.2) is 34.5 Å². The van der Waals surface area contributed by atoms with Crippen LogP contribution >= 0.6 is 0 Å². The van der Waals surface area contributed by atoms with E-state index in [1.54, 1.807) is 49.1 Å². The number of rotatable bonds is 6. The molecular formula is C28H33F3N4O. The summed E-state index contributed by atoms with van der Waals surface area (Å²) < 4.78 is 38.0. The second-order valence-electron chi connectivity index (χ2n) is 7.88. The first-order valence-electron chi connectivity index (χ1n) is 11.4. The minimum Gasteiger partial charge on any atom is -0.373 e. The molecule has 0 aromatic carbocycles. The smallest absolute Gasteiger partial charge is 0.373 e. The van der Waals surface area contributed by atoms with Crippen LogP contribution in [0.4, 0.5) is 19.0 Å². The Balaban J connectivity index is 0.000000313. The number of aromatic nitrogens is 3. The van der Waals surface area contributed by atoms with Crippen molar-refractivity contribution in [2.24, 2.45) is 0 Å². The molecule has 0 amide bonds. The number of carbonyl (C=O) groups is 1. The predicted octanol–water partition coefficient (Wildman–Crippen LogP) is 7.49. The normalized spacial score (nSPS) is 11.7. The molecule has 0 spiro atoms. The highest BCUT2D eigenvalue weighted by Crippen LogP contribution is 2.30. The molecule has 0 unspecified atom stereocenters. The van der Waals surface area contributed by atoms with Crippen LogP contribution in [0.25, 0.3) is 5.57 Å². The van der Waals surface area contributed by atoms with Gasteiger partial charge < -0.3 is 5.32 Å². The van der Waals surface area contributed by atoms with Gasteiger partial charge in [0.25, 0.3) is 0 Å². The number of aldehydes is 1. The first-order valence-corrected chi connectivity index (χ1v) is 11.4. The largest absolute Gasteiger partial charge is 0.412 e. The average molecular weight is 499 g/mol.